The van der Waals surface area contributed by atoms with Crippen molar-refractivity contribution in [3.63, 3.8) is 0 Å². The maximum absolute atomic E-state index is 13.1. The van der Waals surface area contributed by atoms with E-state index in [-0.39, 0.29) is 18.0 Å². The quantitative estimate of drug-likeness (QED) is 0.594. The van der Waals surface area contributed by atoms with Crippen LogP contribution in [0, 0.1) is 12.3 Å². The molecular formula is C20H16ClNO3S. The maximum atomic E-state index is 13.1. The molecule has 0 amide bonds. The molecule has 3 rings (SSSR count). The molecule has 0 saturated heterocycles. The van der Waals surface area contributed by atoms with Gasteiger partial charge in [-0.25, -0.2) is 8.42 Å². The minimum absolute atomic E-state index is 0.109. The SMILES string of the molecule is C#Cc1cccc(CN(Cc2ccco2)S(=O)(=O)c2ccc(Cl)cc2)c1. The molecule has 0 unspecified atom stereocenters. The van der Waals surface area contributed by atoms with E-state index in [4.69, 9.17) is 22.4 Å². The molecule has 0 aliphatic heterocycles. The molecule has 0 bridgehead atoms. The fourth-order valence-corrected chi connectivity index (χ4v) is 4.04. The van der Waals surface area contributed by atoms with E-state index in [1.807, 2.05) is 12.1 Å². The monoisotopic (exact) mass is 385 g/mol. The van der Waals surface area contributed by atoms with Crippen LogP contribution in [-0.2, 0) is 23.1 Å². The highest BCUT2D eigenvalue weighted by Gasteiger charge is 2.26. The van der Waals surface area contributed by atoms with Gasteiger partial charge in [-0.3, -0.25) is 0 Å². The average Bonchev–Trinajstić information content (AvgIpc) is 3.15. The molecule has 0 N–H and O–H groups in total. The van der Waals surface area contributed by atoms with Gasteiger partial charge in [0.1, 0.15) is 5.76 Å². The number of terminal acetylenes is 1. The second-order valence-corrected chi connectivity index (χ2v) is 8.03. The van der Waals surface area contributed by atoms with Gasteiger partial charge in [0.15, 0.2) is 0 Å². The number of sulfonamides is 1. The van der Waals surface area contributed by atoms with E-state index in [2.05, 4.69) is 5.92 Å². The zero-order valence-electron chi connectivity index (χ0n) is 13.8. The Kier molecular flexibility index (Phi) is 5.48. The van der Waals surface area contributed by atoms with Crippen molar-refractivity contribution in [2.45, 2.75) is 18.0 Å². The van der Waals surface area contributed by atoms with Crippen LogP contribution in [-0.4, -0.2) is 12.7 Å². The number of rotatable bonds is 6. The van der Waals surface area contributed by atoms with Crippen molar-refractivity contribution in [1.29, 1.82) is 0 Å². The molecule has 0 radical (unpaired) electrons. The van der Waals surface area contributed by atoms with Gasteiger partial charge in [0.2, 0.25) is 10.0 Å². The molecule has 4 nitrogen and oxygen atoms in total. The van der Waals surface area contributed by atoms with Gasteiger partial charge in [0.25, 0.3) is 0 Å². The van der Waals surface area contributed by atoms with Crippen molar-refractivity contribution in [1.82, 2.24) is 4.31 Å². The Morgan fingerprint density at radius 2 is 1.81 bits per heavy atom. The topological polar surface area (TPSA) is 50.5 Å². The van der Waals surface area contributed by atoms with Crippen molar-refractivity contribution >= 4 is 21.6 Å². The van der Waals surface area contributed by atoms with Crippen LogP contribution < -0.4 is 0 Å². The molecule has 0 atom stereocenters. The van der Waals surface area contributed by atoms with Gasteiger partial charge >= 0.3 is 0 Å². The summed E-state index contributed by atoms with van der Waals surface area (Å²) in [5.74, 6) is 3.11. The molecule has 3 aromatic rings. The van der Waals surface area contributed by atoms with Crippen LogP contribution in [0.1, 0.15) is 16.9 Å². The number of halogens is 1. The lowest BCUT2D eigenvalue weighted by Crippen LogP contribution is -2.30. The van der Waals surface area contributed by atoms with Crippen molar-refractivity contribution in [3.05, 3.63) is 88.8 Å². The van der Waals surface area contributed by atoms with E-state index >= 15 is 0 Å². The maximum Gasteiger partial charge on any atom is 0.243 e. The molecule has 1 heterocycles. The standard InChI is InChI=1S/C20H16ClNO3S/c1-2-16-5-3-6-17(13-16)14-22(15-19-7-4-12-25-19)26(23,24)20-10-8-18(21)9-11-20/h1,3-13H,14-15H2. The largest absolute Gasteiger partial charge is 0.468 e. The van der Waals surface area contributed by atoms with E-state index in [0.717, 1.165) is 5.56 Å². The Morgan fingerprint density at radius 1 is 1.04 bits per heavy atom. The van der Waals surface area contributed by atoms with Crippen molar-refractivity contribution in [2.24, 2.45) is 0 Å². The van der Waals surface area contributed by atoms with Crippen LogP contribution >= 0.6 is 11.6 Å². The summed E-state index contributed by atoms with van der Waals surface area (Å²) in [5, 5.41) is 0.475. The van der Waals surface area contributed by atoms with Crippen LogP contribution in [0.5, 0.6) is 0 Å². The molecular weight excluding hydrogens is 370 g/mol. The lowest BCUT2D eigenvalue weighted by molar-refractivity contribution is 0.358. The third kappa shape index (κ3) is 4.17. The number of hydrogen-bond donors (Lipinski definition) is 0. The first kappa shape index (κ1) is 18.3. The Balaban J connectivity index is 1.97. The second-order valence-electron chi connectivity index (χ2n) is 5.65. The zero-order chi connectivity index (χ0) is 18.6. The molecule has 0 aliphatic rings. The van der Waals surface area contributed by atoms with Crippen molar-refractivity contribution < 1.29 is 12.8 Å². The summed E-state index contributed by atoms with van der Waals surface area (Å²) in [4.78, 5) is 0.168. The summed E-state index contributed by atoms with van der Waals surface area (Å²) in [5.41, 5.74) is 1.49. The summed E-state index contributed by atoms with van der Waals surface area (Å²) in [6.07, 6.45) is 6.96. The number of hydrogen-bond acceptors (Lipinski definition) is 3. The highest BCUT2D eigenvalue weighted by Crippen LogP contribution is 2.23. The van der Waals surface area contributed by atoms with Crippen LogP contribution in [0.4, 0.5) is 0 Å². The summed E-state index contributed by atoms with van der Waals surface area (Å²) in [6, 6.07) is 16.8. The predicted octanol–water partition coefficient (Wildman–Crippen LogP) is 4.31. The highest BCUT2D eigenvalue weighted by atomic mass is 35.5. The van der Waals surface area contributed by atoms with Crippen LogP contribution in [0.15, 0.2) is 76.2 Å². The average molecular weight is 386 g/mol. The zero-order valence-corrected chi connectivity index (χ0v) is 15.4. The smallest absolute Gasteiger partial charge is 0.243 e. The molecule has 26 heavy (non-hydrogen) atoms. The van der Waals surface area contributed by atoms with Gasteiger partial charge in [-0.1, -0.05) is 29.7 Å². The number of nitrogens with zero attached hydrogens (tertiary/aromatic N) is 1. The molecule has 1 aromatic heterocycles. The Labute approximate surface area is 158 Å². The molecule has 0 aliphatic carbocycles. The third-order valence-electron chi connectivity index (χ3n) is 3.82. The van der Waals surface area contributed by atoms with E-state index in [1.54, 1.807) is 36.4 Å². The van der Waals surface area contributed by atoms with Gasteiger partial charge in [-0.05, 0) is 54.1 Å². The van der Waals surface area contributed by atoms with Crippen LogP contribution in [0.3, 0.4) is 0 Å². The fourth-order valence-electron chi connectivity index (χ4n) is 2.52. The van der Waals surface area contributed by atoms with Gasteiger partial charge in [-0.2, -0.15) is 4.31 Å². The first-order chi connectivity index (χ1) is 12.5. The van der Waals surface area contributed by atoms with Gasteiger partial charge < -0.3 is 4.42 Å². The lowest BCUT2D eigenvalue weighted by Gasteiger charge is -2.21. The van der Waals surface area contributed by atoms with Crippen LogP contribution in [0.25, 0.3) is 0 Å². The Bertz CT molecular complexity index is 1020. The molecule has 2 aromatic carbocycles. The first-order valence-corrected chi connectivity index (χ1v) is 9.64. The Hall–Kier alpha value is -2.52. The Morgan fingerprint density at radius 3 is 2.46 bits per heavy atom. The predicted molar refractivity (Wildman–Crippen MR) is 101 cm³/mol. The minimum atomic E-state index is -3.75. The van der Waals surface area contributed by atoms with E-state index in [1.165, 1.54) is 22.7 Å². The minimum Gasteiger partial charge on any atom is -0.468 e. The van der Waals surface area contributed by atoms with Gasteiger partial charge in [0.05, 0.1) is 17.7 Å². The molecule has 0 saturated carbocycles. The number of benzene rings is 2. The molecule has 0 fully saturated rings. The molecule has 0 spiro atoms. The summed E-state index contributed by atoms with van der Waals surface area (Å²) >= 11 is 5.88. The first-order valence-electron chi connectivity index (χ1n) is 7.83. The van der Waals surface area contributed by atoms with E-state index in [0.29, 0.717) is 16.3 Å². The van der Waals surface area contributed by atoms with Gasteiger partial charge in [0, 0.05) is 17.1 Å². The molecule has 6 heteroatoms. The number of furan rings is 1. The highest BCUT2D eigenvalue weighted by molar-refractivity contribution is 7.89. The van der Waals surface area contributed by atoms with Gasteiger partial charge in [-0.15, -0.1) is 6.42 Å². The molecule has 132 valence electrons. The summed E-state index contributed by atoms with van der Waals surface area (Å²) in [7, 11) is -3.75. The fraction of sp³-hybridized carbons (Fsp3) is 0.100. The van der Waals surface area contributed by atoms with Crippen molar-refractivity contribution in [2.75, 3.05) is 0 Å². The van der Waals surface area contributed by atoms with Crippen LogP contribution in [0.2, 0.25) is 5.02 Å². The summed E-state index contributed by atoms with van der Waals surface area (Å²) < 4.78 is 32.9. The van der Waals surface area contributed by atoms with E-state index < -0.39 is 10.0 Å². The second kappa shape index (κ2) is 7.79. The summed E-state index contributed by atoms with van der Waals surface area (Å²) in [6.45, 7) is 0.277. The lowest BCUT2D eigenvalue weighted by atomic mass is 10.1. The third-order valence-corrected chi connectivity index (χ3v) is 5.87. The van der Waals surface area contributed by atoms with E-state index in [9.17, 15) is 8.42 Å². The van der Waals surface area contributed by atoms with Crippen molar-refractivity contribution in [3.8, 4) is 12.3 Å². The normalized spacial score (nSPS) is 11.4.